The summed E-state index contributed by atoms with van der Waals surface area (Å²) >= 11 is 0. The van der Waals surface area contributed by atoms with Crippen molar-refractivity contribution >= 4 is 10.0 Å². The first-order valence-electron chi connectivity index (χ1n) is 5.46. The van der Waals surface area contributed by atoms with Crippen LogP contribution in [-0.4, -0.2) is 18.7 Å². The molecule has 0 spiro atoms. The summed E-state index contributed by atoms with van der Waals surface area (Å²) in [5.41, 5.74) is 3.29. The Balaban J connectivity index is 2.72. The van der Waals surface area contributed by atoms with Crippen LogP contribution < -0.4 is 4.72 Å². The first-order chi connectivity index (χ1) is 7.37. The van der Waals surface area contributed by atoms with Gasteiger partial charge in [-0.05, 0) is 31.9 Å². The first kappa shape index (κ1) is 13.3. The van der Waals surface area contributed by atoms with Crippen LogP contribution in [0.1, 0.15) is 30.3 Å². The highest BCUT2D eigenvalue weighted by Crippen LogP contribution is 2.13. The molecule has 4 nitrogen and oxygen atoms in total. The fourth-order valence-corrected chi connectivity index (χ4v) is 2.70. The highest BCUT2D eigenvalue weighted by molar-refractivity contribution is 7.89. The summed E-state index contributed by atoms with van der Waals surface area (Å²) in [6.07, 6.45) is 0.641. The van der Waals surface area contributed by atoms with E-state index in [0.29, 0.717) is 13.0 Å². The van der Waals surface area contributed by atoms with Crippen molar-refractivity contribution in [1.29, 1.82) is 0 Å². The van der Waals surface area contributed by atoms with Crippen LogP contribution >= 0.6 is 0 Å². The highest BCUT2D eigenvalue weighted by Gasteiger charge is 2.11. The Labute approximate surface area is 97.7 Å². The number of hydrogen-bond donors (Lipinski definition) is 1. The molecule has 0 aromatic carbocycles. The van der Waals surface area contributed by atoms with Gasteiger partial charge in [-0.3, -0.25) is 0 Å². The zero-order chi connectivity index (χ0) is 12.3. The first-order valence-corrected chi connectivity index (χ1v) is 7.11. The van der Waals surface area contributed by atoms with Gasteiger partial charge >= 0.3 is 0 Å². The van der Waals surface area contributed by atoms with Gasteiger partial charge in [-0.1, -0.05) is 6.92 Å². The molecule has 92 valence electrons. The standard InChI is InChI=1S/C11H20N2O2S/c1-5-6-16(14,15)12-8-11-7-9(2)13(4)10(11)3/h7,12H,5-6,8H2,1-4H3. The van der Waals surface area contributed by atoms with E-state index in [1.165, 1.54) is 0 Å². The van der Waals surface area contributed by atoms with Crippen molar-refractivity contribution in [2.75, 3.05) is 5.75 Å². The van der Waals surface area contributed by atoms with E-state index in [1.54, 1.807) is 0 Å². The number of sulfonamides is 1. The van der Waals surface area contributed by atoms with Gasteiger partial charge in [0.1, 0.15) is 0 Å². The van der Waals surface area contributed by atoms with Gasteiger partial charge in [-0.25, -0.2) is 13.1 Å². The summed E-state index contributed by atoms with van der Waals surface area (Å²) < 4.78 is 27.7. The summed E-state index contributed by atoms with van der Waals surface area (Å²) in [4.78, 5) is 0. The van der Waals surface area contributed by atoms with Crippen LogP contribution in [-0.2, 0) is 23.6 Å². The van der Waals surface area contributed by atoms with E-state index in [9.17, 15) is 8.42 Å². The maximum Gasteiger partial charge on any atom is 0.211 e. The predicted molar refractivity (Wildman–Crippen MR) is 65.8 cm³/mol. The Kier molecular flexibility index (Phi) is 4.15. The molecule has 0 aliphatic carbocycles. The van der Waals surface area contributed by atoms with Crippen molar-refractivity contribution in [3.63, 3.8) is 0 Å². The second-order valence-electron chi connectivity index (χ2n) is 4.10. The maximum atomic E-state index is 11.5. The minimum absolute atomic E-state index is 0.192. The highest BCUT2D eigenvalue weighted by atomic mass is 32.2. The molecule has 1 aromatic rings. The third kappa shape index (κ3) is 3.09. The van der Waals surface area contributed by atoms with Crippen LogP contribution in [0.2, 0.25) is 0 Å². The van der Waals surface area contributed by atoms with Crippen molar-refractivity contribution in [3.8, 4) is 0 Å². The lowest BCUT2D eigenvalue weighted by atomic mass is 10.2. The molecule has 0 amide bonds. The van der Waals surface area contributed by atoms with E-state index < -0.39 is 10.0 Å². The third-order valence-electron chi connectivity index (χ3n) is 2.84. The number of nitrogens with one attached hydrogen (secondary N) is 1. The number of nitrogens with zero attached hydrogens (tertiary/aromatic N) is 1. The Morgan fingerprint density at radius 1 is 1.38 bits per heavy atom. The molecule has 0 aliphatic rings. The van der Waals surface area contributed by atoms with Crippen molar-refractivity contribution in [2.45, 2.75) is 33.7 Å². The minimum Gasteiger partial charge on any atom is -0.352 e. The lowest BCUT2D eigenvalue weighted by molar-refractivity contribution is 0.579. The van der Waals surface area contributed by atoms with Crippen molar-refractivity contribution in [2.24, 2.45) is 7.05 Å². The second kappa shape index (κ2) is 5.01. The van der Waals surface area contributed by atoms with Crippen LogP contribution in [0.4, 0.5) is 0 Å². The largest absolute Gasteiger partial charge is 0.352 e. The smallest absolute Gasteiger partial charge is 0.211 e. The van der Waals surface area contributed by atoms with Crippen LogP contribution in [0, 0.1) is 13.8 Å². The van der Waals surface area contributed by atoms with Gasteiger partial charge in [0.25, 0.3) is 0 Å². The number of aromatic nitrogens is 1. The zero-order valence-electron chi connectivity index (χ0n) is 10.4. The second-order valence-corrected chi connectivity index (χ2v) is 6.02. The number of rotatable bonds is 5. The maximum absolute atomic E-state index is 11.5. The molecular formula is C11H20N2O2S. The van der Waals surface area contributed by atoms with Crippen molar-refractivity contribution in [3.05, 3.63) is 23.0 Å². The zero-order valence-corrected chi connectivity index (χ0v) is 11.2. The van der Waals surface area contributed by atoms with E-state index in [0.717, 1.165) is 17.0 Å². The SMILES string of the molecule is CCCS(=O)(=O)NCc1cc(C)n(C)c1C. The fraction of sp³-hybridized carbons (Fsp3) is 0.636. The van der Waals surface area contributed by atoms with E-state index in [4.69, 9.17) is 0 Å². The Hall–Kier alpha value is -0.810. The van der Waals surface area contributed by atoms with Gasteiger partial charge < -0.3 is 4.57 Å². The van der Waals surface area contributed by atoms with E-state index in [1.807, 2.05) is 33.9 Å². The van der Waals surface area contributed by atoms with Crippen molar-refractivity contribution in [1.82, 2.24) is 9.29 Å². The van der Waals surface area contributed by atoms with Crippen molar-refractivity contribution < 1.29 is 8.42 Å². The van der Waals surface area contributed by atoms with Gasteiger partial charge in [0.05, 0.1) is 5.75 Å². The Bertz CT molecular complexity index is 461. The Morgan fingerprint density at radius 3 is 2.44 bits per heavy atom. The van der Waals surface area contributed by atoms with E-state index in [2.05, 4.69) is 9.29 Å². The van der Waals surface area contributed by atoms with E-state index in [-0.39, 0.29) is 5.75 Å². The summed E-state index contributed by atoms with van der Waals surface area (Å²) in [6.45, 7) is 6.25. The molecule has 0 unspecified atom stereocenters. The van der Waals surface area contributed by atoms with Crippen LogP contribution in [0.3, 0.4) is 0 Å². The normalized spacial score (nSPS) is 12.0. The molecule has 5 heteroatoms. The molecule has 0 saturated heterocycles. The third-order valence-corrected chi connectivity index (χ3v) is 4.37. The molecule has 0 fully saturated rings. The molecule has 1 N–H and O–H groups in total. The topological polar surface area (TPSA) is 51.1 Å². The lowest BCUT2D eigenvalue weighted by Gasteiger charge is -2.05. The molecule has 1 rings (SSSR count). The lowest BCUT2D eigenvalue weighted by Crippen LogP contribution is -2.25. The molecule has 0 saturated carbocycles. The van der Waals surface area contributed by atoms with Gasteiger partial charge in [0.15, 0.2) is 0 Å². The molecule has 0 aliphatic heterocycles. The fourth-order valence-electron chi connectivity index (χ4n) is 1.64. The molecule has 0 radical (unpaired) electrons. The molecule has 0 atom stereocenters. The van der Waals surface area contributed by atoms with Gasteiger partial charge in [-0.15, -0.1) is 0 Å². The average Bonchev–Trinajstić information content (AvgIpc) is 2.43. The van der Waals surface area contributed by atoms with Crippen LogP contribution in [0.25, 0.3) is 0 Å². The van der Waals surface area contributed by atoms with Gasteiger partial charge in [0.2, 0.25) is 10.0 Å². The number of hydrogen-bond acceptors (Lipinski definition) is 2. The molecule has 0 bridgehead atoms. The molecule has 1 heterocycles. The van der Waals surface area contributed by atoms with Gasteiger partial charge in [-0.2, -0.15) is 0 Å². The summed E-state index contributed by atoms with van der Waals surface area (Å²) in [5, 5.41) is 0. The summed E-state index contributed by atoms with van der Waals surface area (Å²) in [6, 6.07) is 2.02. The van der Waals surface area contributed by atoms with Gasteiger partial charge in [0, 0.05) is 25.0 Å². The van der Waals surface area contributed by atoms with Crippen LogP contribution in [0.5, 0.6) is 0 Å². The average molecular weight is 244 g/mol. The quantitative estimate of drug-likeness (QED) is 0.852. The predicted octanol–water partition coefficient (Wildman–Crippen LogP) is 1.47. The monoisotopic (exact) mass is 244 g/mol. The minimum atomic E-state index is -3.11. The Morgan fingerprint density at radius 2 is 2.00 bits per heavy atom. The molecular weight excluding hydrogens is 224 g/mol. The van der Waals surface area contributed by atoms with Crippen LogP contribution in [0.15, 0.2) is 6.07 Å². The number of aryl methyl sites for hydroxylation is 1. The van der Waals surface area contributed by atoms with E-state index >= 15 is 0 Å². The summed E-state index contributed by atoms with van der Waals surface area (Å²) in [7, 11) is -1.13. The summed E-state index contributed by atoms with van der Waals surface area (Å²) in [5.74, 6) is 0.192. The molecule has 1 aromatic heterocycles. The molecule has 16 heavy (non-hydrogen) atoms.